The fourth-order valence-electron chi connectivity index (χ4n) is 4.25. The Morgan fingerprint density at radius 3 is 2.52 bits per heavy atom. The lowest BCUT2D eigenvalue weighted by Crippen LogP contribution is -2.34. The van der Waals surface area contributed by atoms with Gasteiger partial charge in [0, 0.05) is 22.3 Å². The molecular formula is C24H22N4O. The molecule has 5 heteroatoms. The number of carbonyl (C=O) groups excluding carboxylic acids is 1. The van der Waals surface area contributed by atoms with Gasteiger partial charge in [-0.1, -0.05) is 18.6 Å². The SMILES string of the molecule is [C-]#[N+]c1ccc(-n2c(C)c(C(=O)CN3CCCCC3)c3cc(C#N)ccc32)cc1. The molecule has 5 nitrogen and oxygen atoms in total. The van der Waals surface area contributed by atoms with Gasteiger partial charge >= 0.3 is 0 Å². The Labute approximate surface area is 170 Å². The molecule has 144 valence electrons. The lowest BCUT2D eigenvalue weighted by Gasteiger charge is -2.25. The molecule has 29 heavy (non-hydrogen) atoms. The van der Waals surface area contributed by atoms with Gasteiger partial charge in [0.2, 0.25) is 0 Å². The van der Waals surface area contributed by atoms with E-state index in [2.05, 4.69) is 15.8 Å². The normalized spacial score (nSPS) is 14.4. The van der Waals surface area contributed by atoms with Gasteiger partial charge in [-0.15, -0.1) is 0 Å². The summed E-state index contributed by atoms with van der Waals surface area (Å²) in [5, 5.41) is 10.2. The molecule has 3 aromatic rings. The first kappa shape index (κ1) is 18.9. The summed E-state index contributed by atoms with van der Waals surface area (Å²) < 4.78 is 2.05. The van der Waals surface area contributed by atoms with Crippen LogP contribution in [-0.2, 0) is 0 Å². The second-order valence-electron chi connectivity index (χ2n) is 7.53. The van der Waals surface area contributed by atoms with Gasteiger partial charge in [-0.05, 0) is 63.2 Å². The van der Waals surface area contributed by atoms with Crippen LogP contribution < -0.4 is 0 Å². The first-order valence-corrected chi connectivity index (χ1v) is 9.91. The van der Waals surface area contributed by atoms with E-state index in [1.807, 2.05) is 35.8 Å². The maximum Gasteiger partial charge on any atom is 0.187 e. The van der Waals surface area contributed by atoms with Crippen molar-refractivity contribution in [2.75, 3.05) is 19.6 Å². The van der Waals surface area contributed by atoms with E-state index in [9.17, 15) is 10.1 Å². The van der Waals surface area contributed by atoms with Crippen LogP contribution in [-0.4, -0.2) is 34.9 Å². The van der Waals surface area contributed by atoms with Crippen LogP contribution >= 0.6 is 0 Å². The smallest absolute Gasteiger partial charge is 0.187 e. The number of piperidine rings is 1. The van der Waals surface area contributed by atoms with Gasteiger partial charge in [-0.3, -0.25) is 9.69 Å². The molecule has 0 spiro atoms. The average molecular weight is 382 g/mol. The number of nitrogens with zero attached hydrogens (tertiary/aromatic N) is 4. The Kier molecular flexibility index (Phi) is 5.16. The number of likely N-dealkylation sites (tertiary alicyclic amines) is 1. The predicted octanol–water partition coefficient (Wildman–Crippen LogP) is 5.03. The molecule has 4 rings (SSSR count). The monoisotopic (exact) mass is 382 g/mol. The van der Waals surface area contributed by atoms with Gasteiger partial charge < -0.3 is 4.57 Å². The van der Waals surface area contributed by atoms with Crippen molar-refractivity contribution in [3.63, 3.8) is 0 Å². The summed E-state index contributed by atoms with van der Waals surface area (Å²) in [6, 6.07) is 15.1. The Balaban J connectivity index is 1.84. The molecule has 0 unspecified atom stereocenters. The third-order valence-corrected chi connectivity index (χ3v) is 5.66. The van der Waals surface area contributed by atoms with Crippen LogP contribution in [0.25, 0.3) is 21.4 Å². The summed E-state index contributed by atoms with van der Waals surface area (Å²) >= 11 is 0. The highest BCUT2D eigenvalue weighted by molar-refractivity contribution is 6.11. The van der Waals surface area contributed by atoms with Crippen LogP contribution in [0.15, 0.2) is 42.5 Å². The highest BCUT2D eigenvalue weighted by Gasteiger charge is 2.23. The van der Waals surface area contributed by atoms with Gasteiger partial charge in [-0.25, -0.2) is 4.85 Å². The zero-order valence-electron chi connectivity index (χ0n) is 16.5. The van der Waals surface area contributed by atoms with E-state index in [-0.39, 0.29) is 5.78 Å². The number of benzene rings is 2. The summed E-state index contributed by atoms with van der Waals surface area (Å²) in [5.41, 5.74) is 4.49. The van der Waals surface area contributed by atoms with E-state index in [0.29, 0.717) is 23.4 Å². The topological polar surface area (TPSA) is 53.4 Å². The van der Waals surface area contributed by atoms with Crippen LogP contribution in [0.2, 0.25) is 0 Å². The fraction of sp³-hybridized carbons (Fsp3) is 0.292. The number of Topliss-reactive ketones (excluding diaryl/α,β-unsaturated/α-hetero) is 1. The van der Waals surface area contributed by atoms with Gasteiger partial charge in [-0.2, -0.15) is 5.26 Å². The second-order valence-corrected chi connectivity index (χ2v) is 7.53. The Hall–Kier alpha value is -3.41. The minimum atomic E-state index is 0.0982. The largest absolute Gasteiger partial charge is 0.313 e. The van der Waals surface area contributed by atoms with Gasteiger partial charge in [0.1, 0.15) is 0 Å². The number of hydrogen-bond donors (Lipinski definition) is 0. The van der Waals surface area contributed by atoms with Crippen molar-refractivity contribution in [1.29, 1.82) is 5.26 Å². The van der Waals surface area contributed by atoms with Crippen molar-refractivity contribution in [2.24, 2.45) is 0 Å². The second kappa shape index (κ2) is 7.91. The molecule has 1 saturated heterocycles. The Bertz CT molecular complexity index is 1150. The van der Waals surface area contributed by atoms with Gasteiger partial charge in [0.25, 0.3) is 0 Å². The summed E-state index contributed by atoms with van der Waals surface area (Å²) in [6.07, 6.45) is 3.51. The minimum Gasteiger partial charge on any atom is -0.313 e. The van der Waals surface area contributed by atoms with E-state index in [1.165, 1.54) is 6.42 Å². The molecule has 0 atom stereocenters. The summed E-state index contributed by atoms with van der Waals surface area (Å²) in [5.74, 6) is 0.0982. The molecule has 0 radical (unpaired) electrons. The molecule has 1 aromatic heterocycles. The zero-order chi connectivity index (χ0) is 20.4. The van der Waals surface area contributed by atoms with Crippen molar-refractivity contribution in [3.05, 3.63) is 70.7 Å². The first-order valence-electron chi connectivity index (χ1n) is 9.91. The maximum absolute atomic E-state index is 13.3. The maximum atomic E-state index is 13.3. The first-order chi connectivity index (χ1) is 14.1. The molecule has 1 fully saturated rings. The zero-order valence-corrected chi connectivity index (χ0v) is 16.5. The summed E-state index contributed by atoms with van der Waals surface area (Å²) in [6.45, 7) is 11.5. The lowest BCUT2D eigenvalue weighted by molar-refractivity contribution is 0.0916. The van der Waals surface area contributed by atoms with Gasteiger partial charge in [0.15, 0.2) is 11.5 Å². The number of nitriles is 1. The quantitative estimate of drug-likeness (QED) is 0.470. The molecule has 0 aliphatic carbocycles. The minimum absolute atomic E-state index is 0.0982. The summed E-state index contributed by atoms with van der Waals surface area (Å²) in [7, 11) is 0. The van der Waals surface area contributed by atoms with Gasteiger partial charge in [0.05, 0.1) is 30.3 Å². The molecule has 1 aliphatic rings. The van der Waals surface area contributed by atoms with Crippen molar-refractivity contribution in [1.82, 2.24) is 9.47 Å². The number of fused-ring (bicyclic) bond motifs is 1. The van der Waals surface area contributed by atoms with Crippen LogP contribution in [0.1, 0.15) is 40.9 Å². The molecule has 0 N–H and O–H groups in total. The standard InChI is InChI=1S/C24H22N4O/c1-17-24(23(29)16-27-12-4-3-5-13-27)21-14-18(15-25)6-11-22(21)28(17)20-9-7-19(26-2)8-10-20/h6-11,14H,3-5,12-13,16H2,1H3. The summed E-state index contributed by atoms with van der Waals surface area (Å²) in [4.78, 5) is 19.0. The molecule has 0 amide bonds. The van der Waals surface area contributed by atoms with E-state index < -0.39 is 0 Å². The number of ketones is 1. The van der Waals surface area contributed by atoms with Crippen molar-refractivity contribution in [2.45, 2.75) is 26.2 Å². The molecule has 0 saturated carbocycles. The third kappa shape index (κ3) is 3.53. The van der Waals surface area contributed by atoms with E-state index in [1.54, 1.807) is 18.2 Å². The Morgan fingerprint density at radius 2 is 1.86 bits per heavy atom. The molecule has 0 bridgehead atoms. The van der Waals surface area contributed by atoms with Crippen LogP contribution in [0, 0.1) is 24.8 Å². The molecule has 2 aromatic carbocycles. The average Bonchev–Trinajstić information content (AvgIpc) is 3.05. The Morgan fingerprint density at radius 1 is 1.14 bits per heavy atom. The van der Waals surface area contributed by atoms with E-state index >= 15 is 0 Å². The number of carbonyl (C=O) groups is 1. The number of hydrogen-bond acceptors (Lipinski definition) is 3. The number of aromatic nitrogens is 1. The van der Waals surface area contributed by atoms with Crippen LogP contribution in [0.3, 0.4) is 0 Å². The van der Waals surface area contributed by atoms with E-state index in [0.717, 1.165) is 48.2 Å². The van der Waals surface area contributed by atoms with Crippen LogP contribution in [0.5, 0.6) is 0 Å². The third-order valence-electron chi connectivity index (χ3n) is 5.66. The fourth-order valence-corrected chi connectivity index (χ4v) is 4.25. The van der Waals surface area contributed by atoms with E-state index in [4.69, 9.17) is 6.57 Å². The molecular weight excluding hydrogens is 360 g/mol. The van der Waals surface area contributed by atoms with Crippen molar-refractivity contribution >= 4 is 22.4 Å². The van der Waals surface area contributed by atoms with Crippen molar-refractivity contribution in [3.8, 4) is 11.8 Å². The highest BCUT2D eigenvalue weighted by atomic mass is 16.1. The molecule has 1 aliphatic heterocycles. The predicted molar refractivity (Wildman–Crippen MR) is 114 cm³/mol. The number of rotatable bonds is 4. The molecule has 2 heterocycles. The van der Waals surface area contributed by atoms with Crippen molar-refractivity contribution < 1.29 is 4.79 Å². The lowest BCUT2D eigenvalue weighted by atomic mass is 10.0. The van der Waals surface area contributed by atoms with Crippen LogP contribution in [0.4, 0.5) is 5.69 Å². The highest BCUT2D eigenvalue weighted by Crippen LogP contribution is 2.31.